The lowest BCUT2D eigenvalue weighted by Gasteiger charge is -2.18. The van der Waals surface area contributed by atoms with Crippen LogP contribution in [0.2, 0.25) is 5.02 Å². The molecule has 0 saturated carbocycles. The van der Waals surface area contributed by atoms with Crippen molar-refractivity contribution < 1.29 is 14.9 Å². The Hall–Kier alpha value is -0.650. The molecule has 0 aliphatic rings. The Bertz CT molecular complexity index is 359. The highest BCUT2D eigenvalue weighted by Crippen LogP contribution is 2.10. The summed E-state index contributed by atoms with van der Waals surface area (Å²) in [4.78, 5) is 0. The molecule has 0 bridgehead atoms. The standard InChI is InChI=1S/C15H24ClNO3/c1-2-14(7-8-18)17-9-15(19)11-20-10-12-3-5-13(16)6-4-12/h3-6,14-15,17-19H,2,7-11H2,1H3. The number of aliphatic hydroxyl groups excluding tert-OH is 2. The van der Waals surface area contributed by atoms with Gasteiger partial charge in [0.15, 0.2) is 0 Å². The van der Waals surface area contributed by atoms with Crippen LogP contribution in [0.3, 0.4) is 0 Å². The first-order valence-corrected chi connectivity index (χ1v) is 7.38. The van der Waals surface area contributed by atoms with E-state index in [1.807, 2.05) is 24.3 Å². The Labute approximate surface area is 125 Å². The van der Waals surface area contributed by atoms with Crippen LogP contribution in [0.25, 0.3) is 0 Å². The third-order valence-corrected chi connectivity index (χ3v) is 3.36. The number of benzene rings is 1. The summed E-state index contributed by atoms with van der Waals surface area (Å²) < 4.78 is 5.46. The second-order valence-electron chi connectivity index (χ2n) is 4.82. The molecular formula is C15H24ClNO3. The molecule has 20 heavy (non-hydrogen) atoms. The maximum absolute atomic E-state index is 9.81. The van der Waals surface area contributed by atoms with E-state index in [-0.39, 0.29) is 19.3 Å². The van der Waals surface area contributed by atoms with Gasteiger partial charge in [-0.1, -0.05) is 30.7 Å². The van der Waals surface area contributed by atoms with Crippen LogP contribution in [0, 0.1) is 0 Å². The minimum Gasteiger partial charge on any atom is -0.396 e. The van der Waals surface area contributed by atoms with Crippen LogP contribution in [-0.4, -0.2) is 42.1 Å². The first-order chi connectivity index (χ1) is 9.65. The molecule has 0 aliphatic heterocycles. The van der Waals surface area contributed by atoms with Gasteiger partial charge in [0.25, 0.3) is 0 Å². The van der Waals surface area contributed by atoms with E-state index in [4.69, 9.17) is 21.4 Å². The molecule has 0 saturated heterocycles. The van der Waals surface area contributed by atoms with Crippen molar-refractivity contribution in [1.82, 2.24) is 5.32 Å². The largest absolute Gasteiger partial charge is 0.396 e. The van der Waals surface area contributed by atoms with E-state index in [1.54, 1.807) is 0 Å². The molecule has 0 amide bonds. The summed E-state index contributed by atoms with van der Waals surface area (Å²) >= 11 is 5.80. The summed E-state index contributed by atoms with van der Waals surface area (Å²) in [6.07, 6.45) is 1.09. The van der Waals surface area contributed by atoms with Crippen molar-refractivity contribution in [2.45, 2.75) is 38.5 Å². The third-order valence-electron chi connectivity index (χ3n) is 3.10. The van der Waals surface area contributed by atoms with Gasteiger partial charge < -0.3 is 20.3 Å². The van der Waals surface area contributed by atoms with Gasteiger partial charge in [0.05, 0.1) is 19.3 Å². The molecule has 1 rings (SSSR count). The van der Waals surface area contributed by atoms with Gasteiger partial charge in [-0.25, -0.2) is 0 Å². The molecule has 0 heterocycles. The van der Waals surface area contributed by atoms with Crippen molar-refractivity contribution in [3.05, 3.63) is 34.9 Å². The first kappa shape index (κ1) is 17.4. The zero-order valence-corrected chi connectivity index (χ0v) is 12.6. The Kier molecular flexibility index (Phi) is 8.82. The van der Waals surface area contributed by atoms with Crippen molar-refractivity contribution in [3.63, 3.8) is 0 Å². The van der Waals surface area contributed by atoms with E-state index in [9.17, 15) is 5.11 Å². The van der Waals surface area contributed by atoms with Gasteiger partial charge in [-0.15, -0.1) is 0 Å². The average molecular weight is 302 g/mol. The second-order valence-corrected chi connectivity index (χ2v) is 5.26. The predicted molar refractivity (Wildman–Crippen MR) is 80.9 cm³/mol. The van der Waals surface area contributed by atoms with E-state index < -0.39 is 6.10 Å². The summed E-state index contributed by atoms with van der Waals surface area (Å²) in [6, 6.07) is 7.69. The molecule has 1 aromatic carbocycles. The lowest BCUT2D eigenvalue weighted by atomic mass is 10.1. The van der Waals surface area contributed by atoms with Crippen LogP contribution < -0.4 is 5.32 Å². The molecule has 0 fully saturated rings. The molecule has 0 aliphatic carbocycles. The van der Waals surface area contributed by atoms with Crippen LogP contribution in [0.4, 0.5) is 0 Å². The molecule has 114 valence electrons. The van der Waals surface area contributed by atoms with Crippen LogP contribution in [-0.2, 0) is 11.3 Å². The molecule has 2 unspecified atom stereocenters. The number of hydrogen-bond donors (Lipinski definition) is 3. The smallest absolute Gasteiger partial charge is 0.0897 e. The first-order valence-electron chi connectivity index (χ1n) is 7.00. The lowest BCUT2D eigenvalue weighted by Crippen LogP contribution is -2.37. The predicted octanol–water partition coefficient (Wildman–Crippen LogP) is 1.97. The van der Waals surface area contributed by atoms with Crippen LogP contribution in [0.15, 0.2) is 24.3 Å². The molecule has 1 aromatic rings. The normalized spacial score (nSPS) is 14.2. The molecule has 4 nitrogen and oxygen atoms in total. The van der Waals surface area contributed by atoms with Crippen LogP contribution >= 0.6 is 11.6 Å². The van der Waals surface area contributed by atoms with Crippen molar-refractivity contribution in [1.29, 1.82) is 0 Å². The van der Waals surface area contributed by atoms with Gasteiger partial charge in [-0.05, 0) is 30.5 Å². The van der Waals surface area contributed by atoms with Crippen LogP contribution in [0.5, 0.6) is 0 Å². The fraction of sp³-hybridized carbons (Fsp3) is 0.600. The van der Waals surface area contributed by atoms with Crippen LogP contribution in [0.1, 0.15) is 25.3 Å². The summed E-state index contributed by atoms with van der Waals surface area (Å²) in [5.74, 6) is 0. The van der Waals surface area contributed by atoms with Gasteiger partial charge in [0, 0.05) is 24.2 Å². The molecular weight excluding hydrogens is 278 g/mol. The van der Waals surface area contributed by atoms with Gasteiger partial charge in [0.2, 0.25) is 0 Å². The number of nitrogens with one attached hydrogen (secondary N) is 1. The van der Waals surface area contributed by atoms with Gasteiger partial charge in [-0.3, -0.25) is 0 Å². The van der Waals surface area contributed by atoms with E-state index in [0.29, 0.717) is 24.6 Å². The molecule has 3 N–H and O–H groups in total. The quantitative estimate of drug-likeness (QED) is 0.618. The Morgan fingerprint density at radius 1 is 1.30 bits per heavy atom. The van der Waals surface area contributed by atoms with Crippen molar-refractivity contribution in [2.75, 3.05) is 19.8 Å². The Morgan fingerprint density at radius 3 is 2.60 bits per heavy atom. The maximum atomic E-state index is 9.81. The van der Waals surface area contributed by atoms with Gasteiger partial charge >= 0.3 is 0 Å². The molecule has 0 radical (unpaired) electrons. The highest BCUT2D eigenvalue weighted by molar-refractivity contribution is 6.30. The Morgan fingerprint density at radius 2 is 2.00 bits per heavy atom. The third kappa shape index (κ3) is 7.22. The molecule has 5 heteroatoms. The number of rotatable bonds is 10. The SMILES string of the molecule is CCC(CCO)NCC(O)COCc1ccc(Cl)cc1. The minimum absolute atomic E-state index is 0.161. The zero-order valence-electron chi connectivity index (χ0n) is 11.9. The second kappa shape index (κ2) is 10.1. The number of ether oxygens (including phenoxy) is 1. The summed E-state index contributed by atoms with van der Waals surface area (Å²) in [5, 5.41) is 22.6. The molecule has 0 aromatic heterocycles. The minimum atomic E-state index is -0.546. The number of halogens is 1. The summed E-state index contributed by atoms with van der Waals surface area (Å²) in [6.45, 7) is 3.43. The topological polar surface area (TPSA) is 61.7 Å². The monoisotopic (exact) mass is 301 g/mol. The highest BCUT2D eigenvalue weighted by atomic mass is 35.5. The van der Waals surface area contributed by atoms with Crippen molar-refractivity contribution >= 4 is 11.6 Å². The van der Waals surface area contributed by atoms with E-state index in [0.717, 1.165) is 12.0 Å². The Balaban J connectivity index is 2.16. The molecule has 2 atom stereocenters. The van der Waals surface area contributed by atoms with Crippen molar-refractivity contribution in [2.24, 2.45) is 0 Å². The van der Waals surface area contributed by atoms with E-state index in [1.165, 1.54) is 0 Å². The average Bonchev–Trinajstić information content (AvgIpc) is 2.45. The van der Waals surface area contributed by atoms with E-state index >= 15 is 0 Å². The zero-order chi connectivity index (χ0) is 14.8. The summed E-state index contributed by atoms with van der Waals surface area (Å²) in [5.41, 5.74) is 1.03. The fourth-order valence-corrected chi connectivity index (χ4v) is 1.99. The maximum Gasteiger partial charge on any atom is 0.0897 e. The van der Waals surface area contributed by atoms with Gasteiger partial charge in [0.1, 0.15) is 0 Å². The lowest BCUT2D eigenvalue weighted by molar-refractivity contribution is 0.0271. The summed E-state index contributed by atoms with van der Waals surface area (Å²) in [7, 11) is 0. The number of aliphatic hydroxyl groups is 2. The molecule has 0 spiro atoms. The highest BCUT2D eigenvalue weighted by Gasteiger charge is 2.09. The van der Waals surface area contributed by atoms with Gasteiger partial charge in [-0.2, -0.15) is 0 Å². The fourth-order valence-electron chi connectivity index (χ4n) is 1.86. The van der Waals surface area contributed by atoms with Crippen molar-refractivity contribution in [3.8, 4) is 0 Å². The van der Waals surface area contributed by atoms with E-state index in [2.05, 4.69) is 12.2 Å². The number of hydrogen-bond acceptors (Lipinski definition) is 4.